The Morgan fingerprint density at radius 1 is 1.71 bits per heavy atom. The van der Waals surface area contributed by atoms with Gasteiger partial charge in [0.1, 0.15) is 6.04 Å². The van der Waals surface area contributed by atoms with Crippen molar-refractivity contribution in [2.45, 2.75) is 44.9 Å². The van der Waals surface area contributed by atoms with E-state index in [4.69, 9.17) is 9.84 Å². The van der Waals surface area contributed by atoms with Crippen LogP contribution >= 0.6 is 0 Å². The van der Waals surface area contributed by atoms with Gasteiger partial charge in [0.05, 0.1) is 6.10 Å². The Kier molecular flexibility index (Phi) is 3.89. The number of likely N-dealkylation sites (N-methyl/N-ethyl adjacent to an activating group) is 1. The van der Waals surface area contributed by atoms with Crippen LogP contribution in [0.3, 0.4) is 0 Å². The highest BCUT2D eigenvalue weighted by Crippen LogP contribution is 2.21. The Hall–Kier alpha value is -0.610. The highest BCUT2D eigenvalue weighted by atomic mass is 16.5. The van der Waals surface area contributed by atoms with E-state index >= 15 is 0 Å². The van der Waals surface area contributed by atoms with Gasteiger partial charge in [-0.15, -0.1) is 0 Å². The number of hydrogen-bond donors (Lipinski definition) is 1. The molecule has 0 bridgehead atoms. The number of aliphatic carboxylic acids is 1. The Bertz CT molecular complexity index is 208. The van der Waals surface area contributed by atoms with Crippen LogP contribution in [0.2, 0.25) is 0 Å². The summed E-state index contributed by atoms with van der Waals surface area (Å²) in [5.41, 5.74) is 0. The number of rotatable bonds is 4. The third-order valence-electron chi connectivity index (χ3n) is 3.02. The standard InChI is InChI=1S/C10H19NO3/c1-4-8(10(12)13)11(3)9-5-6-14-7(9)2/h7-9H,4-6H2,1-3H3,(H,12,13). The molecule has 0 radical (unpaired) electrons. The molecule has 1 N–H and O–H groups in total. The molecule has 0 amide bonds. The van der Waals surface area contributed by atoms with Crippen molar-refractivity contribution in [3.63, 3.8) is 0 Å². The highest BCUT2D eigenvalue weighted by molar-refractivity contribution is 5.73. The zero-order valence-corrected chi connectivity index (χ0v) is 9.06. The predicted molar refractivity (Wildman–Crippen MR) is 53.3 cm³/mol. The van der Waals surface area contributed by atoms with E-state index in [1.807, 2.05) is 25.8 Å². The molecule has 4 heteroatoms. The summed E-state index contributed by atoms with van der Waals surface area (Å²) in [7, 11) is 1.87. The fraction of sp³-hybridized carbons (Fsp3) is 0.900. The van der Waals surface area contributed by atoms with Gasteiger partial charge in [0.2, 0.25) is 0 Å². The van der Waals surface area contributed by atoms with Gasteiger partial charge in [0.15, 0.2) is 0 Å². The molecule has 0 aromatic heterocycles. The number of carbonyl (C=O) groups is 1. The number of carboxylic acids is 1. The lowest BCUT2D eigenvalue weighted by molar-refractivity contribution is -0.144. The molecule has 0 aromatic rings. The Labute approximate surface area is 84.8 Å². The first-order valence-electron chi connectivity index (χ1n) is 5.14. The lowest BCUT2D eigenvalue weighted by Crippen LogP contribution is -2.47. The van der Waals surface area contributed by atoms with Crippen molar-refractivity contribution >= 4 is 5.97 Å². The van der Waals surface area contributed by atoms with Gasteiger partial charge in [-0.3, -0.25) is 9.69 Å². The molecule has 0 aromatic carbocycles. The van der Waals surface area contributed by atoms with Gasteiger partial charge >= 0.3 is 5.97 Å². The summed E-state index contributed by atoms with van der Waals surface area (Å²) in [4.78, 5) is 12.9. The molecule has 1 rings (SSSR count). The van der Waals surface area contributed by atoms with Gasteiger partial charge in [-0.05, 0) is 26.8 Å². The second-order valence-corrected chi connectivity index (χ2v) is 3.86. The smallest absolute Gasteiger partial charge is 0.320 e. The zero-order valence-electron chi connectivity index (χ0n) is 9.06. The molecule has 3 unspecified atom stereocenters. The van der Waals surface area contributed by atoms with Crippen molar-refractivity contribution in [1.29, 1.82) is 0 Å². The van der Waals surface area contributed by atoms with Gasteiger partial charge in [-0.2, -0.15) is 0 Å². The van der Waals surface area contributed by atoms with Gasteiger partial charge < -0.3 is 9.84 Å². The minimum Gasteiger partial charge on any atom is -0.480 e. The number of ether oxygens (including phenoxy) is 1. The Morgan fingerprint density at radius 3 is 2.71 bits per heavy atom. The van der Waals surface area contributed by atoms with Crippen molar-refractivity contribution in [1.82, 2.24) is 4.90 Å². The first kappa shape index (κ1) is 11.5. The highest BCUT2D eigenvalue weighted by Gasteiger charge is 2.33. The fourth-order valence-corrected chi connectivity index (χ4v) is 2.12. The number of carboxylic acid groups (broad SMARTS) is 1. The van der Waals surface area contributed by atoms with Crippen LogP contribution in [-0.4, -0.2) is 47.8 Å². The van der Waals surface area contributed by atoms with Crippen molar-refractivity contribution in [3.8, 4) is 0 Å². The Morgan fingerprint density at radius 2 is 2.36 bits per heavy atom. The van der Waals surface area contributed by atoms with Crippen molar-refractivity contribution in [2.24, 2.45) is 0 Å². The van der Waals surface area contributed by atoms with Crippen LogP contribution in [0.5, 0.6) is 0 Å². The van der Waals surface area contributed by atoms with E-state index < -0.39 is 5.97 Å². The average Bonchev–Trinajstić information content (AvgIpc) is 2.51. The molecule has 1 heterocycles. The molecule has 1 saturated heterocycles. The molecule has 0 aliphatic carbocycles. The van der Waals surface area contributed by atoms with Crippen molar-refractivity contribution in [2.75, 3.05) is 13.7 Å². The molecule has 0 saturated carbocycles. The van der Waals surface area contributed by atoms with Crippen LogP contribution in [0, 0.1) is 0 Å². The molecule has 4 nitrogen and oxygen atoms in total. The largest absolute Gasteiger partial charge is 0.480 e. The minimum atomic E-state index is -0.742. The lowest BCUT2D eigenvalue weighted by Gasteiger charge is -2.31. The van der Waals surface area contributed by atoms with E-state index in [1.54, 1.807) is 0 Å². The molecule has 1 aliphatic rings. The second-order valence-electron chi connectivity index (χ2n) is 3.86. The first-order chi connectivity index (χ1) is 6.57. The van der Waals surface area contributed by atoms with Gasteiger partial charge in [-0.1, -0.05) is 6.92 Å². The number of nitrogens with zero attached hydrogens (tertiary/aromatic N) is 1. The van der Waals surface area contributed by atoms with Crippen molar-refractivity contribution < 1.29 is 14.6 Å². The molecule has 0 spiro atoms. The van der Waals surface area contributed by atoms with Crippen molar-refractivity contribution in [3.05, 3.63) is 0 Å². The minimum absolute atomic E-state index is 0.147. The number of hydrogen-bond acceptors (Lipinski definition) is 3. The molecule has 14 heavy (non-hydrogen) atoms. The van der Waals surface area contributed by atoms with Crippen LogP contribution in [0.15, 0.2) is 0 Å². The molecule has 1 fully saturated rings. The van der Waals surface area contributed by atoms with E-state index in [2.05, 4.69) is 0 Å². The van der Waals surface area contributed by atoms with Gasteiger partial charge in [0, 0.05) is 12.6 Å². The molecular formula is C10H19NO3. The molecule has 82 valence electrons. The van der Waals surface area contributed by atoms with E-state index in [0.717, 1.165) is 13.0 Å². The SMILES string of the molecule is CCC(C(=O)O)N(C)C1CCOC1C. The summed E-state index contributed by atoms with van der Waals surface area (Å²) in [5.74, 6) is -0.742. The van der Waals surface area contributed by atoms with E-state index in [1.165, 1.54) is 0 Å². The normalized spacial score (nSPS) is 29.4. The second kappa shape index (κ2) is 4.75. The lowest BCUT2D eigenvalue weighted by atomic mass is 10.1. The monoisotopic (exact) mass is 201 g/mol. The van der Waals surface area contributed by atoms with Crippen LogP contribution < -0.4 is 0 Å². The molecule has 1 aliphatic heterocycles. The van der Waals surface area contributed by atoms with Crippen LogP contribution in [-0.2, 0) is 9.53 Å². The summed E-state index contributed by atoms with van der Waals surface area (Å²) >= 11 is 0. The van der Waals surface area contributed by atoms with E-state index in [9.17, 15) is 4.79 Å². The Balaban J connectivity index is 2.61. The maximum Gasteiger partial charge on any atom is 0.320 e. The van der Waals surface area contributed by atoms with E-state index in [-0.39, 0.29) is 18.2 Å². The molecular weight excluding hydrogens is 182 g/mol. The molecule has 3 atom stereocenters. The van der Waals surface area contributed by atoms with Gasteiger partial charge in [-0.25, -0.2) is 0 Å². The van der Waals surface area contributed by atoms with Crippen LogP contribution in [0.4, 0.5) is 0 Å². The summed E-state index contributed by atoms with van der Waals surface area (Å²) in [6.07, 6.45) is 1.71. The average molecular weight is 201 g/mol. The zero-order chi connectivity index (χ0) is 10.7. The summed E-state index contributed by atoms with van der Waals surface area (Å²) < 4.78 is 5.43. The third kappa shape index (κ3) is 2.25. The predicted octanol–water partition coefficient (Wildman–Crippen LogP) is 0.959. The van der Waals surface area contributed by atoms with Crippen LogP contribution in [0.1, 0.15) is 26.7 Å². The summed E-state index contributed by atoms with van der Waals surface area (Å²) in [6.45, 7) is 4.64. The van der Waals surface area contributed by atoms with Gasteiger partial charge in [0.25, 0.3) is 0 Å². The summed E-state index contributed by atoms with van der Waals surface area (Å²) in [6, 6.07) is -0.139. The van der Waals surface area contributed by atoms with Crippen LogP contribution in [0.25, 0.3) is 0 Å². The fourth-order valence-electron chi connectivity index (χ4n) is 2.12. The first-order valence-corrected chi connectivity index (χ1v) is 5.14. The summed E-state index contributed by atoms with van der Waals surface area (Å²) in [5, 5.41) is 9.01. The van der Waals surface area contributed by atoms with E-state index in [0.29, 0.717) is 6.42 Å². The maximum absolute atomic E-state index is 11.0. The topological polar surface area (TPSA) is 49.8 Å². The third-order valence-corrected chi connectivity index (χ3v) is 3.02. The maximum atomic E-state index is 11.0. The quantitative estimate of drug-likeness (QED) is 0.736.